The van der Waals surface area contributed by atoms with Crippen LogP contribution in [0.5, 0.6) is 0 Å². The molecule has 1 aliphatic carbocycles. The van der Waals surface area contributed by atoms with Crippen molar-refractivity contribution in [1.82, 2.24) is 14.9 Å². The summed E-state index contributed by atoms with van der Waals surface area (Å²) >= 11 is 0. The Morgan fingerprint density at radius 2 is 1.94 bits per heavy atom. The predicted molar refractivity (Wildman–Crippen MR) is 70.6 cm³/mol. The third-order valence-electron chi connectivity index (χ3n) is 3.65. The van der Waals surface area contributed by atoms with Gasteiger partial charge in [0.15, 0.2) is 0 Å². The molecule has 0 unspecified atom stereocenters. The van der Waals surface area contributed by atoms with Crippen molar-refractivity contribution in [3.63, 3.8) is 0 Å². The summed E-state index contributed by atoms with van der Waals surface area (Å²) in [5, 5.41) is 3.02. The molecule has 0 amide bonds. The summed E-state index contributed by atoms with van der Waals surface area (Å²) in [4.78, 5) is 2.14. The summed E-state index contributed by atoms with van der Waals surface area (Å²) < 4.78 is 26.2. The van der Waals surface area contributed by atoms with Crippen LogP contribution < -0.4 is 10.0 Å². The molecule has 1 rings (SSSR count). The van der Waals surface area contributed by atoms with Crippen LogP contribution >= 0.6 is 0 Å². The average molecular weight is 263 g/mol. The van der Waals surface area contributed by atoms with E-state index in [9.17, 15) is 8.42 Å². The first-order valence-electron chi connectivity index (χ1n) is 6.27. The van der Waals surface area contributed by atoms with E-state index >= 15 is 0 Å². The van der Waals surface area contributed by atoms with E-state index in [2.05, 4.69) is 14.9 Å². The first-order valence-corrected chi connectivity index (χ1v) is 7.92. The molecule has 1 aliphatic rings. The summed E-state index contributed by atoms with van der Waals surface area (Å²) in [6, 6.07) is 0. The fourth-order valence-corrected chi connectivity index (χ4v) is 3.11. The molecule has 0 atom stereocenters. The van der Waals surface area contributed by atoms with Crippen molar-refractivity contribution < 1.29 is 8.42 Å². The largest absolute Gasteiger partial charge is 0.316 e. The second-order valence-corrected chi connectivity index (χ2v) is 6.89. The molecular weight excluding hydrogens is 238 g/mol. The zero-order valence-electron chi connectivity index (χ0n) is 11.1. The number of sulfonamides is 1. The number of likely N-dealkylation sites (N-methyl/N-ethyl adjacent to an activating group) is 1. The first-order chi connectivity index (χ1) is 7.92. The Labute approximate surface area is 105 Å². The van der Waals surface area contributed by atoms with Gasteiger partial charge in [-0.15, -0.1) is 0 Å². The zero-order chi connectivity index (χ0) is 12.9. The van der Waals surface area contributed by atoms with Gasteiger partial charge < -0.3 is 10.2 Å². The smallest absolute Gasteiger partial charge is 0.212 e. The van der Waals surface area contributed by atoms with Crippen molar-refractivity contribution in [3.05, 3.63) is 0 Å². The summed E-state index contributed by atoms with van der Waals surface area (Å²) in [6.07, 6.45) is 3.35. The van der Waals surface area contributed by atoms with Gasteiger partial charge in [-0.2, -0.15) is 0 Å². The van der Waals surface area contributed by atoms with Crippen molar-refractivity contribution >= 4 is 10.0 Å². The molecule has 0 bridgehead atoms. The Hall–Kier alpha value is -0.170. The van der Waals surface area contributed by atoms with Gasteiger partial charge >= 0.3 is 0 Å². The fraction of sp³-hybridized carbons (Fsp3) is 1.00. The molecule has 1 saturated carbocycles. The second kappa shape index (κ2) is 6.13. The molecule has 0 spiro atoms. The molecule has 0 aliphatic heterocycles. The van der Waals surface area contributed by atoms with Gasteiger partial charge in [0.1, 0.15) is 0 Å². The van der Waals surface area contributed by atoms with E-state index in [0.29, 0.717) is 13.1 Å². The lowest BCUT2D eigenvalue weighted by Gasteiger charge is -2.47. The number of hydrogen-bond acceptors (Lipinski definition) is 4. The van der Waals surface area contributed by atoms with E-state index in [1.165, 1.54) is 6.42 Å². The van der Waals surface area contributed by atoms with Crippen LogP contribution in [0.2, 0.25) is 0 Å². The minimum absolute atomic E-state index is 0.0469. The Balaban J connectivity index is 2.38. The highest BCUT2D eigenvalue weighted by Crippen LogP contribution is 2.35. The molecule has 0 aromatic carbocycles. The Morgan fingerprint density at radius 1 is 1.29 bits per heavy atom. The third kappa shape index (κ3) is 4.21. The summed E-state index contributed by atoms with van der Waals surface area (Å²) in [7, 11) is 0.904. The van der Waals surface area contributed by atoms with E-state index in [-0.39, 0.29) is 11.3 Å². The highest BCUT2D eigenvalue weighted by molar-refractivity contribution is 7.89. The monoisotopic (exact) mass is 263 g/mol. The van der Waals surface area contributed by atoms with Gasteiger partial charge in [0, 0.05) is 18.6 Å². The number of hydrogen-bond donors (Lipinski definition) is 2. The van der Waals surface area contributed by atoms with Gasteiger partial charge in [-0.25, -0.2) is 13.1 Å². The topological polar surface area (TPSA) is 61.4 Å². The molecule has 102 valence electrons. The van der Waals surface area contributed by atoms with Crippen molar-refractivity contribution in [3.8, 4) is 0 Å². The maximum atomic E-state index is 11.7. The lowest BCUT2D eigenvalue weighted by molar-refractivity contribution is 0.0657. The van der Waals surface area contributed by atoms with Gasteiger partial charge in [0.05, 0.1) is 5.75 Å². The summed E-state index contributed by atoms with van der Waals surface area (Å²) in [6.45, 7) is 3.82. The molecule has 0 aromatic rings. The number of rotatable bonds is 8. The molecular formula is C11H25N3O2S. The number of nitrogens with zero attached hydrogens (tertiary/aromatic N) is 1. The second-order valence-electron chi connectivity index (χ2n) is 4.97. The lowest BCUT2D eigenvalue weighted by Crippen LogP contribution is -2.57. The molecule has 0 aromatic heterocycles. The molecule has 0 radical (unpaired) electrons. The van der Waals surface area contributed by atoms with Gasteiger partial charge in [-0.1, -0.05) is 6.92 Å². The molecule has 6 heteroatoms. The highest BCUT2D eigenvalue weighted by atomic mass is 32.2. The minimum atomic E-state index is -3.14. The quantitative estimate of drug-likeness (QED) is 0.605. The van der Waals surface area contributed by atoms with E-state index in [0.717, 1.165) is 19.4 Å². The zero-order valence-corrected chi connectivity index (χ0v) is 11.9. The van der Waals surface area contributed by atoms with E-state index < -0.39 is 10.0 Å². The van der Waals surface area contributed by atoms with Crippen LogP contribution in [-0.2, 0) is 10.0 Å². The predicted octanol–water partition coefficient (Wildman–Crippen LogP) is -0.000400. The van der Waals surface area contributed by atoms with Gasteiger partial charge in [-0.05, 0) is 39.9 Å². The number of nitrogens with one attached hydrogen (secondary N) is 2. The molecule has 5 nitrogen and oxygen atoms in total. The maximum Gasteiger partial charge on any atom is 0.212 e. The summed E-state index contributed by atoms with van der Waals surface area (Å²) in [5.74, 6) is 0.157. The van der Waals surface area contributed by atoms with Crippen LogP contribution in [0.3, 0.4) is 0 Å². The minimum Gasteiger partial charge on any atom is -0.316 e. The third-order valence-corrected chi connectivity index (χ3v) is 4.98. The average Bonchev–Trinajstić information content (AvgIpc) is 2.15. The first kappa shape index (κ1) is 14.9. The Morgan fingerprint density at radius 3 is 2.35 bits per heavy atom. The van der Waals surface area contributed by atoms with Crippen LogP contribution in [0.15, 0.2) is 0 Å². The van der Waals surface area contributed by atoms with E-state index in [4.69, 9.17) is 0 Å². The SMILES string of the molecule is CCNCCS(=O)(=O)NCC1(N(C)C)CCC1. The molecule has 17 heavy (non-hydrogen) atoms. The van der Waals surface area contributed by atoms with Gasteiger partial charge in [-0.3, -0.25) is 0 Å². The van der Waals surface area contributed by atoms with Crippen LogP contribution in [0, 0.1) is 0 Å². The molecule has 1 fully saturated rings. The summed E-state index contributed by atoms with van der Waals surface area (Å²) in [5.41, 5.74) is 0.0469. The Bertz CT molecular complexity index is 324. The van der Waals surface area contributed by atoms with E-state index in [1.807, 2.05) is 21.0 Å². The van der Waals surface area contributed by atoms with Gasteiger partial charge in [0.25, 0.3) is 0 Å². The normalized spacial score (nSPS) is 19.3. The maximum absolute atomic E-state index is 11.7. The van der Waals surface area contributed by atoms with Crippen molar-refractivity contribution in [2.75, 3.05) is 39.5 Å². The van der Waals surface area contributed by atoms with Crippen molar-refractivity contribution in [2.24, 2.45) is 0 Å². The van der Waals surface area contributed by atoms with Crippen LogP contribution in [-0.4, -0.2) is 58.3 Å². The van der Waals surface area contributed by atoms with Crippen molar-refractivity contribution in [2.45, 2.75) is 31.7 Å². The van der Waals surface area contributed by atoms with Crippen molar-refractivity contribution in [1.29, 1.82) is 0 Å². The molecule has 2 N–H and O–H groups in total. The van der Waals surface area contributed by atoms with Crippen LogP contribution in [0.4, 0.5) is 0 Å². The molecule has 0 saturated heterocycles. The Kier molecular flexibility index (Phi) is 5.37. The highest BCUT2D eigenvalue weighted by Gasteiger charge is 2.39. The molecule has 0 heterocycles. The van der Waals surface area contributed by atoms with Crippen LogP contribution in [0.25, 0.3) is 0 Å². The lowest BCUT2D eigenvalue weighted by atomic mass is 9.76. The van der Waals surface area contributed by atoms with Crippen LogP contribution in [0.1, 0.15) is 26.2 Å². The van der Waals surface area contributed by atoms with E-state index in [1.54, 1.807) is 0 Å². The standard InChI is InChI=1S/C11H25N3O2S/c1-4-12-8-9-17(15,16)13-10-11(14(2)3)6-5-7-11/h12-13H,4-10H2,1-3H3. The van der Waals surface area contributed by atoms with Gasteiger partial charge in [0.2, 0.25) is 10.0 Å². The fourth-order valence-electron chi connectivity index (χ4n) is 2.07.